The van der Waals surface area contributed by atoms with E-state index < -0.39 is 0 Å². The van der Waals surface area contributed by atoms with Crippen LogP contribution in [0.5, 0.6) is 5.75 Å². The van der Waals surface area contributed by atoms with Gasteiger partial charge < -0.3 is 19.0 Å². The number of ether oxygens (including phenoxy) is 1. The van der Waals surface area contributed by atoms with Crippen LogP contribution in [0, 0.1) is 24.2 Å². The molecule has 1 fully saturated rings. The van der Waals surface area contributed by atoms with Crippen LogP contribution in [0.4, 0.5) is 0 Å². The van der Waals surface area contributed by atoms with Crippen molar-refractivity contribution in [3.05, 3.63) is 82.9 Å². The Labute approximate surface area is 219 Å². The number of furan rings is 1. The molecule has 0 spiro atoms. The van der Waals surface area contributed by atoms with E-state index in [1.165, 1.54) is 12.8 Å². The summed E-state index contributed by atoms with van der Waals surface area (Å²) in [4.78, 5) is 2.48. The second kappa shape index (κ2) is 13.1. The van der Waals surface area contributed by atoms with Crippen LogP contribution in [0.3, 0.4) is 0 Å². The van der Waals surface area contributed by atoms with E-state index in [1.54, 1.807) is 18.4 Å². The number of fused-ring (bicyclic) bond motifs is 1. The first-order valence-electron chi connectivity index (χ1n) is 12.9. The van der Waals surface area contributed by atoms with Gasteiger partial charge in [0.1, 0.15) is 18.1 Å². The molecule has 0 saturated carbocycles. The Morgan fingerprint density at radius 3 is 2.54 bits per heavy atom. The number of aryl methyl sites for hydroxylation is 2. The summed E-state index contributed by atoms with van der Waals surface area (Å²) in [6, 6.07) is 17.7. The van der Waals surface area contributed by atoms with E-state index in [9.17, 15) is 0 Å². The number of likely N-dealkylation sites (tertiary alicyclic amines) is 1. The van der Waals surface area contributed by atoms with Gasteiger partial charge in [0.2, 0.25) is 0 Å². The molecular formula is C30H36N4O3. The molecule has 3 heterocycles. The molecular weight excluding hydrogens is 464 g/mol. The van der Waals surface area contributed by atoms with E-state index in [0.717, 1.165) is 77.7 Å². The van der Waals surface area contributed by atoms with Crippen LogP contribution in [0.25, 0.3) is 11.0 Å². The molecule has 7 heteroatoms. The average molecular weight is 501 g/mol. The average Bonchev–Trinajstić information content (AvgIpc) is 3.59. The molecule has 1 saturated heterocycles. The van der Waals surface area contributed by atoms with Crippen molar-refractivity contribution in [3.63, 3.8) is 0 Å². The Morgan fingerprint density at radius 2 is 1.86 bits per heavy atom. The first-order valence-corrected chi connectivity index (χ1v) is 12.9. The van der Waals surface area contributed by atoms with Crippen molar-refractivity contribution < 1.29 is 13.7 Å². The third-order valence-corrected chi connectivity index (χ3v) is 6.85. The third kappa shape index (κ3) is 7.00. The largest absolute Gasteiger partial charge is 0.488 e. The SMILES string of the molecule is CNC.Cc1c(OCc2ccc(C#N)cc2)ccc2c(CCC3CCN(Cc4ccco4)CC3)noc12. The van der Waals surface area contributed by atoms with Crippen LogP contribution in [0.2, 0.25) is 0 Å². The van der Waals surface area contributed by atoms with Gasteiger partial charge in [0.05, 0.1) is 30.1 Å². The van der Waals surface area contributed by atoms with E-state index in [-0.39, 0.29) is 0 Å². The molecule has 5 rings (SSSR count). The predicted molar refractivity (Wildman–Crippen MR) is 144 cm³/mol. The summed E-state index contributed by atoms with van der Waals surface area (Å²) in [5.41, 5.74) is 4.48. The zero-order valence-electron chi connectivity index (χ0n) is 22.0. The number of nitriles is 1. The molecule has 1 N–H and O–H groups in total. The minimum Gasteiger partial charge on any atom is -0.488 e. The van der Waals surface area contributed by atoms with Crippen molar-refractivity contribution in [2.75, 3.05) is 27.2 Å². The van der Waals surface area contributed by atoms with Crippen molar-refractivity contribution >= 4 is 11.0 Å². The molecule has 37 heavy (non-hydrogen) atoms. The Kier molecular flexibility index (Phi) is 9.36. The molecule has 0 radical (unpaired) electrons. The van der Waals surface area contributed by atoms with Crippen LogP contribution >= 0.6 is 0 Å². The molecule has 194 valence electrons. The lowest BCUT2D eigenvalue weighted by Gasteiger charge is -2.31. The lowest BCUT2D eigenvalue weighted by molar-refractivity contribution is 0.162. The fourth-order valence-electron chi connectivity index (χ4n) is 4.74. The molecule has 1 aliphatic heterocycles. The fourth-order valence-corrected chi connectivity index (χ4v) is 4.74. The summed E-state index contributed by atoms with van der Waals surface area (Å²) < 4.78 is 17.3. The smallest absolute Gasteiger partial charge is 0.173 e. The highest BCUT2D eigenvalue weighted by Gasteiger charge is 2.21. The summed E-state index contributed by atoms with van der Waals surface area (Å²) in [6.07, 6.45) is 6.23. The first-order chi connectivity index (χ1) is 18.1. The number of nitrogens with one attached hydrogen (secondary N) is 1. The van der Waals surface area contributed by atoms with Crippen molar-refractivity contribution in [1.29, 1.82) is 5.26 Å². The van der Waals surface area contributed by atoms with Crippen LogP contribution in [-0.4, -0.2) is 37.2 Å². The maximum Gasteiger partial charge on any atom is 0.173 e. The standard InChI is InChI=1S/C28H29N3O3.C2H7N/c1-20-27(33-19-23-6-4-22(17-29)5-7-23)11-9-25-26(30-34-28(20)25)10-8-21-12-14-31(15-13-21)18-24-3-2-16-32-24;1-3-2/h2-7,9,11,16,21H,8,10,12-15,18-19H2,1H3;3H,1-2H3. The van der Waals surface area contributed by atoms with Crippen LogP contribution in [-0.2, 0) is 19.6 Å². The molecule has 4 aromatic rings. The van der Waals surface area contributed by atoms with Crippen LogP contribution in [0.15, 0.2) is 63.7 Å². The molecule has 0 bridgehead atoms. The number of aromatic nitrogens is 1. The second-order valence-electron chi connectivity index (χ2n) is 9.63. The summed E-state index contributed by atoms with van der Waals surface area (Å²) in [5.74, 6) is 2.56. The number of nitrogens with zero attached hydrogens (tertiary/aromatic N) is 3. The van der Waals surface area contributed by atoms with E-state index >= 15 is 0 Å². The van der Waals surface area contributed by atoms with Gasteiger partial charge in [-0.1, -0.05) is 17.3 Å². The first kappa shape index (κ1) is 26.5. The quantitative estimate of drug-likeness (QED) is 0.324. The molecule has 1 aliphatic rings. The summed E-state index contributed by atoms with van der Waals surface area (Å²) in [7, 11) is 3.75. The lowest BCUT2D eigenvalue weighted by Crippen LogP contribution is -2.33. The minimum atomic E-state index is 0.442. The monoisotopic (exact) mass is 500 g/mol. The fraction of sp³-hybridized carbons (Fsp3) is 0.400. The molecule has 0 aliphatic carbocycles. The van der Waals surface area contributed by atoms with Gasteiger partial charge in [-0.3, -0.25) is 4.90 Å². The van der Waals surface area contributed by atoms with E-state index in [1.807, 2.05) is 51.4 Å². The number of hydrogen-bond acceptors (Lipinski definition) is 7. The molecule has 2 aromatic heterocycles. The highest BCUT2D eigenvalue weighted by atomic mass is 16.5. The Morgan fingerprint density at radius 1 is 1.11 bits per heavy atom. The lowest BCUT2D eigenvalue weighted by atomic mass is 9.91. The number of piperidine rings is 1. The van der Waals surface area contributed by atoms with E-state index in [0.29, 0.717) is 12.2 Å². The maximum absolute atomic E-state index is 8.94. The Bertz CT molecular complexity index is 1280. The van der Waals surface area contributed by atoms with Crippen molar-refractivity contribution in [2.24, 2.45) is 5.92 Å². The van der Waals surface area contributed by atoms with Gasteiger partial charge in [0.25, 0.3) is 0 Å². The summed E-state index contributed by atoms with van der Waals surface area (Å²) >= 11 is 0. The van der Waals surface area contributed by atoms with Gasteiger partial charge in [-0.25, -0.2) is 0 Å². The van der Waals surface area contributed by atoms with E-state index in [2.05, 4.69) is 27.5 Å². The molecule has 0 atom stereocenters. The van der Waals surface area contributed by atoms with E-state index in [4.69, 9.17) is 18.9 Å². The zero-order valence-corrected chi connectivity index (χ0v) is 22.0. The molecule has 0 amide bonds. The van der Waals surface area contributed by atoms with Gasteiger partial charge in [-0.15, -0.1) is 0 Å². The van der Waals surface area contributed by atoms with Crippen molar-refractivity contribution in [2.45, 2.75) is 45.8 Å². The van der Waals surface area contributed by atoms with Gasteiger partial charge in [0.15, 0.2) is 5.58 Å². The number of rotatable bonds is 8. The van der Waals surface area contributed by atoms with Crippen molar-refractivity contribution in [1.82, 2.24) is 15.4 Å². The highest BCUT2D eigenvalue weighted by molar-refractivity contribution is 5.84. The summed E-state index contributed by atoms with van der Waals surface area (Å²) in [6.45, 7) is 5.59. The van der Waals surface area contributed by atoms with Gasteiger partial charge in [-0.05, 0) is 108 Å². The normalized spacial score (nSPS) is 14.2. The number of hydrogen-bond donors (Lipinski definition) is 1. The van der Waals surface area contributed by atoms with Gasteiger partial charge in [0, 0.05) is 10.9 Å². The highest BCUT2D eigenvalue weighted by Crippen LogP contribution is 2.32. The van der Waals surface area contributed by atoms with Gasteiger partial charge >= 0.3 is 0 Å². The third-order valence-electron chi connectivity index (χ3n) is 6.85. The zero-order chi connectivity index (χ0) is 26.0. The Hall–Kier alpha value is -3.60. The maximum atomic E-state index is 8.94. The van der Waals surface area contributed by atoms with Crippen LogP contribution < -0.4 is 10.1 Å². The Balaban J connectivity index is 0.00000102. The predicted octanol–water partition coefficient (Wildman–Crippen LogP) is 5.86. The van der Waals surface area contributed by atoms with Crippen molar-refractivity contribution in [3.8, 4) is 11.8 Å². The minimum absolute atomic E-state index is 0.442. The number of benzene rings is 2. The summed E-state index contributed by atoms with van der Waals surface area (Å²) in [5, 5.41) is 17.2. The second-order valence-corrected chi connectivity index (χ2v) is 9.63. The molecule has 2 aromatic carbocycles. The van der Waals surface area contributed by atoms with Gasteiger partial charge in [-0.2, -0.15) is 5.26 Å². The topological polar surface area (TPSA) is 87.5 Å². The molecule has 7 nitrogen and oxygen atoms in total. The van der Waals surface area contributed by atoms with Crippen LogP contribution in [0.1, 0.15) is 47.4 Å². The molecule has 0 unspecified atom stereocenters.